The van der Waals surface area contributed by atoms with Gasteiger partial charge in [-0.2, -0.15) is 10.2 Å². The molecule has 0 saturated carbocycles. The molecular weight excluding hydrogens is 375 g/mol. The van der Waals surface area contributed by atoms with Crippen molar-refractivity contribution < 1.29 is 13.9 Å². The molecule has 3 aromatic rings. The molecular formula is C20H17FN6O2. The Morgan fingerprint density at radius 3 is 2.66 bits per heavy atom. The van der Waals surface area contributed by atoms with Gasteiger partial charge in [0.1, 0.15) is 11.8 Å². The van der Waals surface area contributed by atoms with Gasteiger partial charge in [0, 0.05) is 16.9 Å². The number of rotatable bonds is 7. The van der Waals surface area contributed by atoms with Gasteiger partial charge in [-0.25, -0.2) is 9.37 Å². The average Bonchev–Trinajstić information content (AvgIpc) is 2.72. The number of nitrogens with zero attached hydrogens (tertiary/aromatic N) is 3. The van der Waals surface area contributed by atoms with Crippen LogP contribution in [-0.4, -0.2) is 22.0 Å². The maximum Gasteiger partial charge on any atom is 0.248 e. The number of nitrogens with one attached hydrogen (secondary N) is 2. The van der Waals surface area contributed by atoms with Crippen LogP contribution in [0.4, 0.5) is 27.5 Å². The van der Waals surface area contributed by atoms with E-state index in [4.69, 9.17) is 15.7 Å². The number of nitrogens with two attached hydrogens (primary N) is 1. The molecule has 2 aromatic carbocycles. The predicted octanol–water partition coefficient (Wildman–Crippen LogP) is 3.49. The fraction of sp³-hybridized carbons (Fsp3) is 0.100. The van der Waals surface area contributed by atoms with E-state index in [0.717, 1.165) is 6.20 Å². The lowest BCUT2D eigenvalue weighted by atomic mass is 10.2. The summed E-state index contributed by atoms with van der Waals surface area (Å²) >= 11 is 0. The molecule has 1 heterocycles. The highest BCUT2D eigenvalue weighted by Crippen LogP contribution is 2.23. The smallest absolute Gasteiger partial charge is 0.248 e. The first-order valence-corrected chi connectivity index (χ1v) is 8.57. The van der Waals surface area contributed by atoms with Crippen molar-refractivity contribution in [2.24, 2.45) is 5.73 Å². The van der Waals surface area contributed by atoms with E-state index in [2.05, 4.69) is 20.6 Å². The lowest BCUT2D eigenvalue weighted by molar-refractivity contribution is 0.100. The highest BCUT2D eigenvalue weighted by Gasteiger charge is 2.09. The fourth-order valence-electron chi connectivity index (χ4n) is 2.38. The highest BCUT2D eigenvalue weighted by molar-refractivity contribution is 5.93. The van der Waals surface area contributed by atoms with Crippen LogP contribution in [0.1, 0.15) is 17.3 Å². The zero-order valence-electron chi connectivity index (χ0n) is 15.4. The number of primary amides is 1. The molecule has 0 fully saturated rings. The zero-order chi connectivity index (χ0) is 20.8. The van der Waals surface area contributed by atoms with Gasteiger partial charge in [-0.1, -0.05) is 6.07 Å². The van der Waals surface area contributed by atoms with E-state index in [0.29, 0.717) is 22.7 Å². The van der Waals surface area contributed by atoms with Crippen molar-refractivity contribution >= 4 is 29.0 Å². The Balaban J connectivity index is 1.75. The Morgan fingerprint density at radius 2 is 1.97 bits per heavy atom. The molecule has 3 rings (SSSR count). The van der Waals surface area contributed by atoms with Gasteiger partial charge in [-0.3, -0.25) is 4.79 Å². The molecule has 1 atom stereocenters. The number of aromatic nitrogens is 2. The molecule has 0 aliphatic rings. The van der Waals surface area contributed by atoms with Gasteiger partial charge in [-0.15, -0.1) is 0 Å². The third kappa shape index (κ3) is 5.17. The lowest BCUT2D eigenvalue weighted by Gasteiger charge is -2.11. The molecule has 1 aromatic heterocycles. The summed E-state index contributed by atoms with van der Waals surface area (Å²) in [6.45, 7) is 1.64. The molecule has 0 spiro atoms. The van der Waals surface area contributed by atoms with Gasteiger partial charge in [0.2, 0.25) is 11.9 Å². The second-order valence-corrected chi connectivity index (χ2v) is 6.00. The second-order valence-electron chi connectivity index (χ2n) is 6.00. The minimum absolute atomic E-state index is 0.0346. The molecule has 0 aliphatic heterocycles. The number of carbonyl (C=O) groups is 1. The van der Waals surface area contributed by atoms with Crippen LogP contribution in [0.2, 0.25) is 0 Å². The van der Waals surface area contributed by atoms with Crippen LogP contribution in [-0.2, 0) is 0 Å². The van der Waals surface area contributed by atoms with Crippen LogP contribution in [0.3, 0.4) is 0 Å². The predicted molar refractivity (Wildman–Crippen MR) is 106 cm³/mol. The maximum atomic E-state index is 14.1. The summed E-state index contributed by atoms with van der Waals surface area (Å²) in [7, 11) is 0. The van der Waals surface area contributed by atoms with Gasteiger partial charge in [0.25, 0.3) is 0 Å². The molecule has 1 unspecified atom stereocenters. The van der Waals surface area contributed by atoms with Gasteiger partial charge >= 0.3 is 0 Å². The number of hydrogen-bond acceptors (Lipinski definition) is 7. The van der Waals surface area contributed by atoms with Crippen molar-refractivity contribution in [1.29, 1.82) is 5.26 Å². The van der Waals surface area contributed by atoms with Crippen molar-refractivity contribution in [3.05, 3.63) is 66.1 Å². The zero-order valence-corrected chi connectivity index (χ0v) is 15.4. The first-order valence-electron chi connectivity index (χ1n) is 8.57. The van der Waals surface area contributed by atoms with E-state index in [1.54, 1.807) is 55.5 Å². The number of benzene rings is 2. The molecule has 0 saturated heterocycles. The van der Waals surface area contributed by atoms with Crippen LogP contribution in [0.15, 0.2) is 54.7 Å². The topological polar surface area (TPSA) is 126 Å². The quantitative estimate of drug-likeness (QED) is 0.562. The molecule has 9 heteroatoms. The summed E-state index contributed by atoms with van der Waals surface area (Å²) in [5, 5.41) is 14.5. The Kier molecular flexibility index (Phi) is 5.85. The molecule has 1 amide bonds. The number of amides is 1. The van der Waals surface area contributed by atoms with Gasteiger partial charge < -0.3 is 21.1 Å². The average molecular weight is 392 g/mol. The first-order chi connectivity index (χ1) is 13.9. The van der Waals surface area contributed by atoms with E-state index in [1.165, 1.54) is 0 Å². The minimum atomic E-state index is -0.639. The highest BCUT2D eigenvalue weighted by atomic mass is 19.1. The Labute approximate surface area is 166 Å². The number of nitriles is 1. The van der Waals surface area contributed by atoms with Crippen molar-refractivity contribution in [1.82, 2.24) is 9.97 Å². The minimum Gasteiger partial charge on any atom is -0.476 e. The number of hydrogen-bond donors (Lipinski definition) is 3. The molecule has 29 heavy (non-hydrogen) atoms. The van der Waals surface area contributed by atoms with Crippen LogP contribution >= 0.6 is 0 Å². The molecule has 8 nitrogen and oxygen atoms in total. The fourth-order valence-corrected chi connectivity index (χ4v) is 2.38. The molecule has 146 valence electrons. The Hall–Kier alpha value is -4.19. The third-order valence-corrected chi connectivity index (χ3v) is 3.76. The third-order valence-electron chi connectivity index (χ3n) is 3.76. The lowest BCUT2D eigenvalue weighted by Crippen LogP contribution is -2.11. The largest absolute Gasteiger partial charge is 0.476 e. The summed E-state index contributed by atoms with van der Waals surface area (Å²) in [6, 6.07) is 15.1. The van der Waals surface area contributed by atoms with Crippen molar-refractivity contribution in [3.63, 3.8) is 0 Å². The number of halogens is 1. The monoisotopic (exact) mass is 392 g/mol. The first kappa shape index (κ1) is 19.6. The molecule has 0 aliphatic carbocycles. The maximum absolute atomic E-state index is 14.1. The van der Waals surface area contributed by atoms with E-state index in [1.807, 2.05) is 6.07 Å². The standard InChI is InChI=1S/C20H17FN6O2/c1-12(10-22)29-16-7-5-14(6-8-16)25-19-17(21)11-24-20(27-19)26-15-4-2-3-13(9-15)18(23)28/h2-9,11-12H,1H3,(H2,23,28)(H2,24,25,26,27). The van der Waals surface area contributed by atoms with Gasteiger partial charge in [0.15, 0.2) is 17.7 Å². The van der Waals surface area contributed by atoms with E-state index in [-0.39, 0.29) is 11.8 Å². The van der Waals surface area contributed by atoms with Crippen molar-refractivity contribution in [3.8, 4) is 11.8 Å². The van der Waals surface area contributed by atoms with E-state index < -0.39 is 17.8 Å². The molecule has 0 bridgehead atoms. The van der Waals surface area contributed by atoms with Crippen molar-refractivity contribution in [2.45, 2.75) is 13.0 Å². The Morgan fingerprint density at radius 1 is 1.21 bits per heavy atom. The molecule has 4 N–H and O–H groups in total. The number of carbonyl (C=O) groups excluding carboxylic acids is 1. The van der Waals surface area contributed by atoms with Crippen molar-refractivity contribution in [2.75, 3.05) is 10.6 Å². The second kappa shape index (κ2) is 8.67. The summed E-state index contributed by atoms with van der Waals surface area (Å²) in [5.41, 5.74) is 6.70. The van der Waals surface area contributed by atoms with Crippen LogP contribution < -0.4 is 21.1 Å². The summed E-state index contributed by atoms with van der Waals surface area (Å²) in [5.74, 6) is -0.581. The number of anilines is 4. The summed E-state index contributed by atoms with van der Waals surface area (Å²) in [4.78, 5) is 19.3. The number of ether oxygens (including phenoxy) is 1. The normalized spacial score (nSPS) is 11.2. The summed E-state index contributed by atoms with van der Waals surface area (Å²) < 4.78 is 19.5. The van der Waals surface area contributed by atoms with Gasteiger partial charge in [0.05, 0.1) is 6.20 Å². The van der Waals surface area contributed by atoms with E-state index in [9.17, 15) is 9.18 Å². The SMILES string of the molecule is CC(C#N)Oc1ccc(Nc2nc(Nc3cccc(C(N)=O)c3)ncc2F)cc1. The van der Waals surface area contributed by atoms with E-state index >= 15 is 0 Å². The van der Waals surface area contributed by atoms with Gasteiger partial charge in [-0.05, 0) is 49.4 Å². The Bertz CT molecular complexity index is 1070. The summed E-state index contributed by atoms with van der Waals surface area (Å²) in [6.07, 6.45) is 0.455. The van der Waals surface area contributed by atoms with Crippen LogP contribution in [0.5, 0.6) is 5.75 Å². The van der Waals surface area contributed by atoms with Crippen LogP contribution in [0, 0.1) is 17.1 Å². The van der Waals surface area contributed by atoms with Crippen LogP contribution in [0.25, 0.3) is 0 Å². The molecule has 0 radical (unpaired) electrons.